The first-order valence-electron chi connectivity index (χ1n) is 7.86. The number of nitrogens with one attached hydrogen (secondary N) is 1. The fraction of sp³-hybridized carbons (Fsp3) is 0.263. The molecule has 2 aromatic carbocycles. The molecule has 0 saturated heterocycles. The van der Waals surface area contributed by atoms with Gasteiger partial charge in [0.2, 0.25) is 11.8 Å². The van der Waals surface area contributed by atoms with Crippen LogP contribution >= 0.6 is 23.5 Å². The van der Waals surface area contributed by atoms with Crippen LogP contribution in [0.4, 0.5) is 5.69 Å². The van der Waals surface area contributed by atoms with Gasteiger partial charge in [0, 0.05) is 16.8 Å². The highest BCUT2D eigenvalue weighted by atomic mass is 32.2. The molecule has 6 heteroatoms. The molecule has 0 atom stereocenters. The van der Waals surface area contributed by atoms with Crippen LogP contribution in [0.2, 0.25) is 0 Å². The van der Waals surface area contributed by atoms with E-state index in [1.165, 1.54) is 16.7 Å². The van der Waals surface area contributed by atoms with Gasteiger partial charge in [-0.1, -0.05) is 30.3 Å². The van der Waals surface area contributed by atoms with Crippen molar-refractivity contribution in [3.8, 4) is 0 Å². The van der Waals surface area contributed by atoms with Gasteiger partial charge in [-0.3, -0.25) is 9.59 Å². The number of carbonyl (C=O) groups is 2. The van der Waals surface area contributed by atoms with Gasteiger partial charge in [-0.05, 0) is 36.9 Å². The van der Waals surface area contributed by atoms with Crippen LogP contribution in [0, 0.1) is 6.92 Å². The van der Waals surface area contributed by atoms with Gasteiger partial charge in [-0.15, -0.1) is 23.5 Å². The van der Waals surface area contributed by atoms with Crippen molar-refractivity contribution in [3.63, 3.8) is 0 Å². The zero-order chi connectivity index (χ0) is 18.2. The highest BCUT2D eigenvalue weighted by Gasteiger charge is 2.14. The molecule has 0 unspecified atom stereocenters. The van der Waals surface area contributed by atoms with Gasteiger partial charge in [0.15, 0.2) is 0 Å². The summed E-state index contributed by atoms with van der Waals surface area (Å²) in [5, 5.41) is 2.87. The molecule has 132 valence electrons. The Morgan fingerprint density at radius 1 is 1.04 bits per heavy atom. The van der Waals surface area contributed by atoms with E-state index in [-0.39, 0.29) is 18.4 Å². The number of aryl methyl sites for hydroxylation is 1. The van der Waals surface area contributed by atoms with Crippen LogP contribution in [0.1, 0.15) is 5.56 Å². The first-order chi connectivity index (χ1) is 12.0. The number of hydrogen-bond acceptors (Lipinski definition) is 4. The van der Waals surface area contributed by atoms with E-state index in [0.717, 1.165) is 21.0 Å². The number of rotatable bonds is 7. The van der Waals surface area contributed by atoms with Gasteiger partial charge in [0.05, 0.1) is 18.0 Å². The average Bonchev–Trinajstić information content (AvgIpc) is 2.61. The van der Waals surface area contributed by atoms with Crippen LogP contribution in [0.3, 0.4) is 0 Å². The van der Waals surface area contributed by atoms with Crippen LogP contribution in [0.5, 0.6) is 0 Å². The summed E-state index contributed by atoms with van der Waals surface area (Å²) in [6.07, 6.45) is 1.96. The summed E-state index contributed by atoms with van der Waals surface area (Å²) in [7, 11) is 1.65. The summed E-state index contributed by atoms with van der Waals surface area (Å²) in [5.41, 5.74) is 1.92. The van der Waals surface area contributed by atoms with Crippen molar-refractivity contribution in [2.45, 2.75) is 16.7 Å². The number of likely N-dealkylation sites (N-methyl/N-ethyl adjacent to an activating group) is 1. The maximum absolute atomic E-state index is 12.3. The first-order valence-corrected chi connectivity index (χ1v) is 10.1. The zero-order valence-corrected chi connectivity index (χ0v) is 16.2. The number of nitrogens with zero attached hydrogens (tertiary/aromatic N) is 1. The van der Waals surface area contributed by atoms with Gasteiger partial charge < -0.3 is 10.2 Å². The van der Waals surface area contributed by atoms with Crippen LogP contribution in [0.15, 0.2) is 58.3 Å². The van der Waals surface area contributed by atoms with E-state index >= 15 is 0 Å². The quantitative estimate of drug-likeness (QED) is 0.747. The van der Waals surface area contributed by atoms with E-state index in [1.54, 1.807) is 18.8 Å². The molecule has 1 N–H and O–H groups in total. The molecule has 25 heavy (non-hydrogen) atoms. The van der Waals surface area contributed by atoms with Crippen molar-refractivity contribution in [1.82, 2.24) is 4.90 Å². The standard InChI is InChI=1S/C19H22N2O2S2/c1-14-8-4-6-10-16(14)25-13-19(23)21(2)12-18(22)20-15-9-5-7-11-17(15)24-3/h4-11H,12-13H2,1-3H3,(H,20,22). The van der Waals surface area contributed by atoms with Gasteiger partial charge in [-0.2, -0.15) is 0 Å². The minimum Gasteiger partial charge on any atom is -0.336 e. The SMILES string of the molecule is CSc1ccccc1NC(=O)CN(C)C(=O)CSc1ccccc1C. The van der Waals surface area contributed by atoms with Crippen molar-refractivity contribution in [3.05, 3.63) is 54.1 Å². The second-order valence-corrected chi connectivity index (χ2v) is 7.42. The van der Waals surface area contributed by atoms with Crippen molar-refractivity contribution in [2.75, 3.05) is 30.9 Å². The fourth-order valence-corrected chi connectivity index (χ4v) is 3.73. The number of anilines is 1. The molecule has 0 fully saturated rings. The fourth-order valence-electron chi connectivity index (χ4n) is 2.21. The van der Waals surface area contributed by atoms with Crippen molar-refractivity contribution < 1.29 is 9.59 Å². The number of para-hydroxylation sites is 1. The summed E-state index contributed by atoms with van der Waals surface area (Å²) >= 11 is 3.07. The second kappa shape index (κ2) is 9.53. The Balaban J connectivity index is 1.86. The third-order valence-corrected chi connectivity index (χ3v) is 5.59. The normalized spacial score (nSPS) is 10.4. The summed E-state index contributed by atoms with van der Waals surface area (Å²) in [5.74, 6) is 0.0514. The van der Waals surface area contributed by atoms with Gasteiger partial charge >= 0.3 is 0 Å². The van der Waals surface area contributed by atoms with Crippen molar-refractivity contribution in [2.24, 2.45) is 0 Å². The maximum Gasteiger partial charge on any atom is 0.244 e. The highest BCUT2D eigenvalue weighted by molar-refractivity contribution is 8.00. The Morgan fingerprint density at radius 3 is 2.36 bits per heavy atom. The molecule has 0 bridgehead atoms. The van der Waals surface area contributed by atoms with E-state index in [4.69, 9.17) is 0 Å². The lowest BCUT2D eigenvalue weighted by molar-refractivity contribution is -0.131. The smallest absolute Gasteiger partial charge is 0.244 e. The summed E-state index contributed by atoms with van der Waals surface area (Å²) in [6, 6.07) is 15.6. The molecule has 2 aromatic rings. The number of thioether (sulfide) groups is 2. The van der Waals surface area contributed by atoms with Crippen LogP contribution < -0.4 is 5.32 Å². The predicted octanol–water partition coefficient (Wildman–Crippen LogP) is 3.91. The molecule has 2 rings (SSSR count). The topological polar surface area (TPSA) is 49.4 Å². The highest BCUT2D eigenvalue weighted by Crippen LogP contribution is 2.24. The van der Waals surface area contributed by atoms with Crippen molar-refractivity contribution in [1.29, 1.82) is 0 Å². The van der Waals surface area contributed by atoms with Gasteiger partial charge in [-0.25, -0.2) is 0 Å². The number of amides is 2. The largest absolute Gasteiger partial charge is 0.336 e. The van der Waals surface area contributed by atoms with E-state index < -0.39 is 0 Å². The minimum atomic E-state index is -0.196. The number of benzene rings is 2. The summed E-state index contributed by atoms with van der Waals surface area (Å²) in [4.78, 5) is 28.0. The molecule has 0 heterocycles. The second-order valence-electron chi connectivity index (χ2n) is 5.55. The molecule has 0 aromatic heterocycles. The van der Waals surface area contributed by atoms with Gasteiger partial charge in [0.25, 0.3) is 0 Å². The van der Waals surface area contributed by atoms with Crippen LogP contribution in [0.25, 0.3) is 0 Å². The summed E-state index contributed by atoms with van der Waals surface area (Å²) < 4.78 is 0. The minimum absolute atomic E-state index is 0.0376. The lowest BCUT2D eigenvalue weighted by Gasteiger charge is -2.17. The Kier molecular flexibility index (Phi) is 7.40. The molecular weight excluding hydrogens is 352 g/mol. The number of hydrogen-bond donors (Lipinski definition) is 1. The van der Waals surface area contributed by atoms with Crippen LogP contribution in [-0.4, -0.2) is 42.3 Å². The van der Waals surface area contributed by atoms with E-state index in [0.29, 0.717) is 5.75 Å². The van der Waals surface area contributed by atoms with Crippen molar-refractivity contribution >= 4 is 41.0 Å². The molecule has 0 aliphatic rings. The monoisotopic (exact) mass is 374 g/mol. The molecule has 0 radical (unpaired) electrons. The average molecular weight is 375 g/mol. The first kappa shape index (κ1) is 19.4. The third kappa shape index (κ3) is 5.83. The Bertz CT molecular complexity index is 750. The molecule has 2 amide bonds. The number of carbonyl (C=O) groups excluding carboxylic acids is 2. The van der Waals surface area contributed by atoms with Gasteiger partial charge in [0.1, 0.15) is 0 Å². The Hall–Kier alpha value is -1.92. The molecule has 0 spiro atoms. The zero-order valence-electron chi connectivity index (χ0n) is 14.6. The lowest BCUT2D eigenvalue weighted by atomic mass is 10.2. The third-order valence-electron chi connectivity index (χ3n) is 3.63. The van der Waals surface area contributed by atoms with Crippen LogP contribution in [-0.2, 0) is 9.59 Å². The molecule has 0 saturated carbocycles. The predicted molar refractivity (Wildman–Crippen MR) is 106 cm³/mol. The van der Waals surface area contributed by atoms with E-state index in [9.17, 15) is 9.59 Å². The van der Waals surface area contributed by atoms with E-state index in [1.807, 2.05) is 61.7 Å². The maximum atomic E-state index is 12.3. The molecule has 0 aliphatic carbocycles. The molecule has 0 aliphatic heterocycles. The Morgan fingerprint density at radius 2 is 1.68 bits per heavy atom. The molecule has 4 nitrogen and oxygen atoms in total. The molecular formula is C19H22N2O2S2. The lowest BCUT2D eigenvalue weighted by Crippen LogP contribution is -2.36. The van der Waals surface area contributed by atoms with E-state index in [2.05, 4.69) is 5.32 Å². The summed E-state index contributed by atoms with van der Waals surface area (Å²) in [6.45, 7) is 2.06. The Labute approximate surface area is 157 Å².